The maximum Gasteiger partial charge on any atom is 0.232 e. The summed E-state index contributed by atoms with van der Waals surface area (Å²) < 4.78 is 16.7. The number of nitrogens with one attached hydrogen (secondary N) is 2. The Morgan fingerprint density at radius 3 is 2.61 bits per heavy atom. The van der Waals surface area contributed by atoms with Crippen molar-refractivity contribution in [2.75, 3.05) is 25.1 Å². The largest absolute Gasteiger partial charge is 0.490 e. The van der Waals surface area contributed by atoms with Crippen LogP contribution in [-0.4, -0.2) is 35.9 Å². The number of ether oxygens (including phenoxy) is 2. The second kappa shape index (κ2) is 9.94. The van der Waals surface area contributed by atoms with Crippen LogP contribution in [0.5, 0.6) is 11.5 Å². The molecule has 154 valence electrons. The van der Waals surface area contributed by atoms with Crippen molar-refractivity contribution < 1.29 is 14.0 Å². The van der Waals surface area contributed by atoms with E-state index in [2.05, 4.69) is 25.8 Å². The number of rotatable bonds is 4. The molecule has 9 heteroatoms. The summed E-state index contributed by atoms with van der Waals surface area (Å²) in [5, 5.41) is 10.5. The van der Waals surface area contributed by atoms with Crippen molar-refractivity contribution in [2.24, 2.45) is 4.99 Å². The number of anilines is 1. The van der Waals surface area contributed by atoms with Crippen LogP contribution in [0, 0.1) is 0 Å². The maximum absolute atomic E-state index is 5.74. The smallest absolute Gasteiger partial charge is 0.232 e. The van der Waals surface area contributed by atoms with E-state index in [4.69, 9.17) is 14.0 Å². The number of fused-ring (bicyclic) bond motifs is 1. The molecule has 0 amide bonds. The summed E-state index contributed by atoms with van der Waals surface area (Å²) in [6.45, 7) is 10.5. The van der Waals surface area contributed by atoms with Gasteiger partial charge in [0.05, 0.1) is 13.2 Å². The van der Waals surface area contributed by atoms with E-state index in [1.807, 2.05) is 45.9 Å². The lowest BCUT2D eigenvalue weighted by Gasteiger charge is -2.13. The van der Waals surface area contributed by atoms with Crippen LogP contribution in [0.3, 0.4) is 0 Å². The lowest BCUT2D eigenvalue weighted by atomic mass is 9.97. The van der Waals surface area contributed by atoms with Gasteiger partial charge in [-0.2, -0.15) is 4.98 Å². The van der Waals surface area contributed by atoms with Crippen molar-refractivity contribution in [3.8, 4) is 11.5 Å². The number of hydrogen-bond acceptors (Lipinski definition) is 6. The fraction of sp³-hybridized carbons (Fsp3) is 0.526. The molecular weight excluding hydrogens is 473 g/mol. The molecule has 3 rings (SSSR count). The van der Waals surface area contributed by atoms with Crippen LogP contribution in [0.1, 0.15) is 45.8 Å². The van der Waals surface area contributed by atoms with E-state index < -0.39 is 0 Å². The fourth-order valence-corrected chi connectivity index (χ4v) is 2.46. The molecule has 2 aromatic rings. The maximum atomic E-state index is 5.74. The summed E-state index contributed by atoms with van der Waals surface area (Å²) in [6, 6.07) is 5.76. The van der Waals surface area contributed by atoms with Crippen LogP contribution in [0.15, 0.2) is 27.7 Å². The van der Waals surface area contributed by atoms with Gasteiger partial charge in [-0.3, -0.25) is 0 Å². The normalized spacial score (nSPS) is 14.1. The molecule has 8 nitrogen and oxygen atoms in total. The highest BCUT2D eigenvalue weighted by molar-refractivity contribution is 14.0. The second-order valence-corrected chi connectivity index (χ2v) is 7.30. The first kappa shape index (κ1) is 22.3. The van der Waals surface area contributed by atoms with Gasteiger partial charge in [0.15, 0.2) is 23.3 Å². The average molecular weight is 501 g/mol. The van der Waals surface area contributed by atoms with E-state index in [1.54, 1.807) is 0 Å². The highest BCUT2D eigenvalue weighted by Crippen LogP contribution is 2.32. The third-order valence-electron chi connectivity index (χ3n) is 3.84. The average Bonchev–Trinajstić information content (AvgIpc) is 2.99. The predicted molar refractivity (Wildman–Crippen MR) is 119 cm³/mol. The Morgan fingerprint density at radius 2 is 1.93 bits per heavy atom. The Hall–Kier alpha value is -2.04. The zero-order valence-electron chi connectivity index (χ0n) is 16.7. The van der Waals surface area contributed by atoms with Crippen molar-refractivity contribution in [3.05, 3.63) is 29.9 Å². The zero-order valence-corrected chi connectivity index (χ0v) is 19.1. The Labute approximate surface area is 182 Å². The fourth-order valence-electron chi connectivity index (χ4n) is 2.46. The quantitative estimate of drug-likeness (QED) is 0.375. The standard InChI is InChI=1S/C19H27N5O3.HI/c1-5-20-18(21-12-16-23-17(27-24-16)19(2,3)4)22-13-7-8-14-15(11-13)26-10-6-9-25-14;/h7-8,11H,5-6,9-10,12H2,1-4H3,(H2,20,21,22);1H. The molecule has 0 unspecified atom stereocenters. The highest BCUT2D eigenvalue weighted by Gasteiger charge is 2.21. The highest BCUT2D eigenvalue weighted by atomic mass is 127. The molecule has 0 fully saturated rings. The van der Waals surface area contributed by atoms with Gasteiger partial charge in [0.1, 0.15) is 6.54 Å². The van der Waals surface area contributed by atoms with E-state index in [9.17, 15) is 0 Å². The molecule has 0 saturated heterocycles. The number of nitrogens with zero attached hydrogens (tertiary/aromatic N) is 3. The van der Waals surface area contributed by atoms with Crippen molar-refractivity contribution in [1.29, 1.82) is 0 Å². The summed E-state index contributed by atoms with van der Waals surface area (Å²) in [4.78, 5) is 8.95. The SMILES string of the molecule is CCNC(=NCc1noc(C(C)(C)C)n1)Nc1ccc2c(c1)OCCCO2.I. The van der Waals surface area contributed by atoms with Gasteiger partial charge in [-0.25, -0.2) is 4.99 Å². The zero-order chi connectivity index (χ0) is 19.3. The van der Waals surface area contributed by atoms with Gasteiger partial charge in [-0.05, 0) is 19.1 Å². The van der Waals surface area contributed by atoms with Gasteiger partial charge in [-0.15, -0.1) is 24.0 Å². The number of aromatic nitrogens is 2. The third kappa shape index (κ3) is 5.98. The van der Waals surface area contributed by atoms with Gasteiger partial charge in [0, 0.05) is 30.1 Å². The summed E-state index contributed by atoms with van der Waals surface area (Å²) >= 11 is 0. The minimum Gasteiger partial charge on any atom is -0.490 e. The topological polar surface area (TPSA) is 93.8 Å². The van der Waals surface area contributed by atoms with Crippen LogP contribution in [-0.2, 0) is 12.0 Å². The summed E-state index contributed by atoms with van der Waals surface area (Å²) in [5.74, 6) is 3.29. The molecule has 0 atom stereocenters. The lowest BCUT2D eigenvalue weighted by molar-refractivity contribution is 0.297. The molecule has 2 heterocycles. The summed E-state index contributed by atoms with van der Waals surface area (Å²) in [5.41, 5.74) is 0.684. The molecule has 0 aliphatic carbocycles. The minimum absolute atomic E-state index is 0. The summed E-state index contributed by atoms with van der Waals surface area (Å²) in [6.07, 6.45) is 0.878. The van der Waals surface area contributed by atoms with Crippen molar-refractivity contribution in [3.63, 3.8) is 0 Å². The molecule has 1 aliphatic heterocycles. The van der Waals surface area contributed by atoms with Crippen LogP contribution in [0.25, 0.3) is 0 Å². The third-order valence-corrected chi connectivity index (χ3v) is 3.84. The van der Waals surface area contributed by atoms with Gasteiger partial charge < -0.3 is 24.6 Å². The van der Waals surface area contributed by atoms with Crippen LogP contribution < -0.4 is 20.1 Å². The number of benzene rings is 1. The molecule has 1 aromatic carbocycles. The molecule has 2 N–H and O–H groups in total. The number of halogens is 1. The Morgan fingerprint density at radius 1 is 1.18 bits per heavy atom. The van der Waals surface area contributed by atoms with Crippen molar-refractivity contribution >= 4 is 35.6 Å². The Balaban J connectivity index is 0.00000280. The molecular formula is C19H28IN5O3. The van der Waals surface area contributed by atoms with E-state index in [0.717, 1.165) is 30.2 Å². The molecule has 0 spiro atoms. The monoisotopic (exact) mass is 501 g/mol. The minimum atomic E-state index is -0.179. The van der Waals surface area contributed by atoms with E-state index >= 15 is 0 Å². The molecule has 1 aliphatic rings. The van der Waals surface area contributed by atoms with Crippen LogP contribution >= 0.6 is 24.0 Å². The predicted octanol–water partition coefficient (Wildman–Crippen LogP) is 3.72. The van der Waals surface area contributed by atoms with Crippen molar-refractivity contribution in [1.82, 2.24) is 15.5 Å². The van der Waals surface area contributed by atoms with Gasteiger partial charge in [0.25, 0.3) is 0 Å². The van der Waals surface area contributed by atoms with Gasteiger partial charge >= 0.3 is 0 Å². The van der Waals surface area contributed by atoms with Gasteiger partial charge in [-0.1, -0.05) is 25.9 Å². The van der Waals surface area contributed by atoms with E-state index in [0.29, 0.717) is 37.4 Å². The Kier molecular flexibility index (Phi) is 7.90. The molecule has 0 radical (unpaired) electrons. The number of aliphatic imine (C=N–C) groups is 1. The second-order valence-electron chi connectivity index (χ2n) is 7.30. The Bertz CT molecular complexity index is 801. The van der Waals surface area contributed by atoms with Crippen LogP contribution in [0.2, 0.25) is 0 Å². The molecule has 0 bridgehead atoms. The lowest BCUT2D eigenvalue weighted by Crippen LogP contribution is -2.30. The van der Waals surface area contributed by atoms with Crippen molar-refractivity contribution in [2.45, 2.75) is 46.1 Å². The number of guanidine groups is 1. The molecule has 28 heavy (non-hydrogen) atoms. The van der Waals surface area contributed by atoms with Gasteiger partial charge in [0.2, 0.25) is 5.89 Å². The molecule has 1 aromatic heterocycles. The first-order chi connectivity index (χ1) is 13.0. The first-order valence-electron chi connectivity index (χ1n) is 9.24. The van der Waals surface area contributed by atoms with E-state index in [-0.39, 0.29) is 29.4 Å². The van der Waals surface area contributed by atoms with E-state index in [1.165, 1.54) is 0 Å². The van der Waals surface area contributed by atoms with Crippen LogP contribution in [0.4, 0.5) is 5.69 Å². The summed E-state index contributed by atoms with van der Waals surface area (Å²) in [7, 11) is 0. The molecule has 0 saturated carbocycles. The first-order valence-corrected chi connectivity index (χ1v) is 9.24. The number of hydrogen-bond donors (Lipinski definition) is 2.